The molecule has 29 heavy (non-hydrogen) atoms. The van der Waals surface area contributed by atoms with E-state index in [1.54, 1.807) is 13.2 Å². The SMILES string of the molecule is COCCOc1cccc(NC(=O)CNc2ccc(OCC3CCCO3)cc2)c1. The third-order valence-electron chi connectivity index (χ3n) is 4.44. The van der Waals surface area contributed by atoms with Crippen molar-refractivity contribution in [1.82, 2.24) is 0 Å². The normalized spacial score (nSPS) is 15.7. The average Bonchev–Trinajstić information content (AvgIpc) is 3.26. The summed E-state index contributed by atoms with van der Waals surface area (Å²) >= 11 is 0. The van der Waals surface area contributed by atoms with Crippen LogP contribution in [0.1, 0.15) is 12.8 Å². The largest absolute Gasteiger partial charge is 0.491 e. The van der Waals surface area contributed by atoms with Crippen molar-refractivity contribution in [2.24, 2.45) is 0 Å². The smallest absolute Gasteiger partial charge is 0.243 e. The fourth-order valence-corrected chi connectivity index (χ4v) is 2.93. The van der Waals surface area contributed by atoms with E-state index in [1.807, 2.05) is 42.5 Å². The number of hydrogen-bond acceptors (Lipinski definition) is 6. The summed E-state index contributed by atoms with van der Waals surface area (Å²) < 4.78 is 21.8. The molecule has 1 unspecified atom stereocenters. The van der Waals surface area contributed by atoms with E-state index in [4.69, 9.17) is 18.9 Å². The van der Waals surface area contributed by atoms with Crippen molar-refractivity contribution < 1.29 is 23.7 Å². The second-order valence-electron chi connectivity index (χ2n) is 6.74. The van der Waals surface area contributed by atoms with Crippen LogP contribution in [0.3, 0.4) is 0 Å². The standard InChI is InChI=1S/C22H28N2O5/c1-26-12-13-28-20-5-2-4-18(14-20)24-22(25)15-23-17-7-9-19(10-8-17)29-16-21-6-3-11-27-21/h2,4-5,7-10,14,21,23H,3,6,11-13,15-16H2,1H3,(H,24,25). The maximum atomic E-state index is 12.2. The van der Waals surface area contributed by atoms with Crippen molar-refractivity contribution in [3.63, 3.8) is 0 Å². The van der Waals surface area contributed by atoms with E-state index in [9.17, 15) is 4.79 Å². The lowest BCUT2D eigenvalue weighted by atomic mass is 10.2. The maximum absolute atomic E-state index is 12.2. The van der Waals surface area contributed by atoms with Crippen molar-refractivity contribution in [3.05, 3.63) is 48.5 Å². The van der Waals surface area contributed by atoms with Crippen LogP contribution in [0.25, 0.3) is 0 Å². The minimum Gasteiger partial charge on any atom is -0.491 e. The third kappa shape index (κ3) is 7.29. The zero-order chi connectivity index (χ0) is 20.3. The van der Waals surface area contributed by atoms with Crippen LogP contribution in [0, 0.1) is 0 Å². The van der Waals surface area contributed by atoms with Crippen LogP contribution in [0.5, 0.6) is 11.5 Å². The number of anilines is 2. The molecule has 2 aromatic rings. The van der Waals surface area contributed by atoms with E-state index in [1.165, 1.54) is 0 Å². The highest BCUT2D eigenvalue weighted by Crippen LogP contribution is 2.19. The summed E-state index contributed by atoms with van der Waals surface area (Å²) in [7, 11) is 1.62. The average molecular weight is 400 g/mol. The van der Waals surface area contributed by atoms with Gasteiger partial charge in [-0.3, -0.25) is 4.79 Å². The van der Waals surface area contributed by atoms with E-state index >= 15 is 0 Å². The van der Waals surface area contributed by atoms with Crippen molar-refractivity contribution in [3.8, 4) is 11.5 Å². The number of carbonyl (C=O) groups is 1. The van der Waals surface area contributed by atoms with Gasteiger partial charge in [-0.25, -0.2) is 0 Å². The summed E-state index contributed by atoms with van der Waals surface area (Å²) in [6, 6.07) is 14.8. The van der Waals surface area contributed by atoms with Crippen LogP contribution >= 0.6 is 0 Å². The minimum atomic E-state index is -0.141. The fourth-order valence-electron chi connectivity index (χ4n) is 2.93. The van der Waals surface area contributed by atoms with Crippen molar-refractivity contribution in [2.75, 3.05) is 50.7 Å². The Hall–Kier alpha value is -2.77. The minimum absolute atomic E-state index is 0.141. The van der Waals surface area contributed by atoms with Gasteiger partial charge >= 0.3 is 0 Å². The van der Waals surface area contributed by atoms with Crippen LogP contribution in [0.4, 0.5) is 11.4 Å². The first-order chi connectivity index (χ1) is 14.2. The molecular weight excluding hydrogens is 372 g/mol. The van der Waals surface area contributed by atoms with E-state index in [0.717, 1.165) is 30.9 Å². The summed E-state index contributed by atoms with van der Waals surface area (Å²) in [5.74, 6) is 1.34. The van der Waals surface area contributed by atoms with Crippen LogP contribution in [0.15, 0.2) is 48.5 Å². The Morgan fingerprint density at radius 2 is 1.93 bits per heavy atom. The molecule has 1 heterocycles. The number of amides is 1. The summed E-state index contributed by atoms with van der Waals surface area (Å²) in [6.07, 6.45) is 2.35. The first kappa shape index (κ1) is 21.0. The van der Waals surface area contributed by atoms with Gasteiger partial charge in [0.2, 0.25) is 5.91 Å². The molecule has 156 valence electrons. The highest BCUT2D eigenvalue weighted by atomic mass is 16.5. The van der Waals surface area contributed by atoms with Crippen LogP contribution in [-0.4, -0.2) is 52.1 Å². The molecule has 1 saturated heterocycles. The Bertz CT molecular complexity index is 760. The molecule has 1 aliphatic rings. The van der Waals surface area contributed by atoms with E-state index in [2.05, 4.69) is 10.6 Å². The molecule has 3 rings (SSSR count). The lowest BCUT2D eigenvalue weighted by molar-refractivity contribution is -0.114. The van der Waals surface area contributed by atoms with Crippen LogP contribution in [0.2, 0.25) is 0 Å². The van der Waals surface area contributed by atoms with Gasteiger partial charge < -0.3 is 29.6 Å². The van der Waals surface area contributed by atoms with Crippen LogP contribution in [-0.2, 0) is 14.3 Å². The number of carbonyl (C=O) groups excluding carboxylic acids is 1. The molecule has 7 heteroatoms. The molecule has 2 N–H and O–H groups in total. The van der Waals surface area contributed by atoms with Gasteiger partial charge in [0.1, 0.15) is 24.7 Å². The van der Waals surface area contributed by atoms with Crippen LogP contribution < -0.4 is 20.1 Å². The number of hydrogen-bond donors (Lipinski definition) is 2. The lowest BCUT2D eigenvalue weighted by Gasteiger charge is -2.12. The first-order valence-electron chi connectivity index (χ1n) is 9.83. The summed E-state index contributed by atoms with van der Waals surface area (Å²) in [5.41, 5.74) is 1.53. The topological polar surface area (TPSA) is 78.1 Å². The zero-order valence-corrected chi connectivity index (χ0v) is 16.7. The zero-order valence-electron chi connectivity index (χ0n) is 16.7. The monoisotopic (exact) mass is 400 g/mol. The maximum Gasteiger partial charge on any atom is 0.243 e. The van der Waals surface area contributed by atoms with E-state index in [0.29, 0.717) is 31.3 Å². The Balaban J connectivity index is 1.40. The predicted octanol–water partition coefficient (Wildman–Crippen LogP) is 3.32. The second-order valence-corrected chi connectivity index (χ2v) is 6.74. The molecule has 1 amide bonds. The van der Waals surface area contributed by atoms with Gasteiger partial charge in [0.15, 0.2) is 0 Å². The number of nitrogens with one attached hydrogen (secondary N) is 2. The predicted molar refractivity (Wildman–Crippen MR) is 112 cm³/mol. The summed E-state index contributed by atoms with van der Waals surface area (Å²) in [6.45, 7) is 2.53. The summed E-state index contributed by atoms with van der Waals surface area (Å²) in [4.78, 5) is 12.2. The van der Waals surface area contributed by atoms with Gasteiger partial charge in [0.05, 0.1) is 19.3 Å². The molecule has 0 aliphatic carbocycles. The fraction of sp³-hybridized carbons (Fsp3) is 0.409. The molecule has 0 aromatic heterocycles. The molecule has 1 fully saturated rings. The van der Waals surface area contributed by atoms with Gasteiger partial charge in [-0.15, -0.1) is 0 Å². The number of benzene rings is 2. The number of methoxy groups -OCH3 is 1. The lowest BCUT2D eigenvalue weighted by Crippen LogP contribution is -2.21. The van der Waals surface area contributed by atoms with Gasteiger partial charge in [-0.05, 0) is 49.2 Å². The Morgan fingerprint density at radius 3 is 2.69 bits per heavy atom. The van der Waals surface area contributed by atoms with Crippen molar-refractivity contribution in [1.29, 1.82) is 0 Å². The number of ether oxygens (including phenoxy) is 4. The summed E-state index contributed by atoms with van der Waals surface area (Å²) in [5, 5.41) is 5.96. The first-order valence-corrected chi connectivity index (χ1v) is 9.83. The second kappa shape index (κ2) is 11.3. The van der Waals surface area contributed by atoms with Gasteiger partial charge in [0.25, 0.3) is 0 Å². The highest BCUT2D eigenvalue weighted by molar-refractivity contribution is 5.93. The van der Waals surface area contributed by atoms with Gasteiger partial charge in [-0.1, -0.05) is 6.07 Å². The quantitative estimate of drug-likeness (QED) is 0.564. The highest BCUT2D eigenvalue weighted by Gasteiger charge is 2.15. The molecular formula is C22H28N2O5. The number of rotatable bonds is 11. The van der Waals surface area contributed by atoms with Gasteiger partial charge in [-0.2, -0.15) is 0 Å². The molecule has 1 aliphatic heterocycles. The third-order valence-corrected chi connectivity index (χ3v) is 4.44. The van der Waals surface area contributed by atoms with Crippen molar-refractivity contribution in [2.45, 2.75) is 18.9 Å². The van der Waals surface area contributed by atoms with E-state index < -0.39 is 0 Å². The molecule has 2 aromatic carbocycles. The molecule has 0 saturated carbocycles. The molecule has 0 radical (unpaired) electrons. The Labute approximate surface area is 171 Å². The Kier molecular flexibility index (Phi) is 8.15. The van der Waals surface area contributed by atoms with Crippen molar-refractivity contribution >= 4 is 17.3 Å². The molecule has 0 spiro atoms. The van der Waals surface area contributed by atoms with Gasteiger partial charge in [0, 0.05) is 31.2 Å². The molecule has 7 nitrogen and oxygen atoms in total. The molecule has 0 bridgehead atoms. The molecule has 1 atom stereocenters. The Morgan fingerprint density at radius 1 is 1.07 bits per heavy atom. The van der Waals surface area contributed by atoms with E-state index in [-0.39, 0.29) is 18.6 Å².